The van der Waals surface area contributed by atoms with Crippen LogP contribution in [0.4, 0.5) is 11.4 Å². The summed E-state index contributed by atoms with van der Waals surface area (Å²) in [5.41, 5.74) is 4.97. The van der Waals surface area contributed by atoms with Crippen LogP contribution in [0.1, 0.15) is 61.2 Å². The quantitative estimate of drug-likeness (QED) is 0.414. The van der Waals surface area contributed by atoms with Gasteiger partial charge in [-0.3, -0.25) is 4.79 Å². The molecular formula is C31H37N3O3. The molecule has 194 valence electrons. The van der Waals surface area contributed by atoms with Crippen LogP contribution in [0.5, 0.6) is 11.5 Å². The topological polar surface area (TPSA) is 56.2 Å². The van der Waals surface area contributed by atoms with Crippen LogP contribution in [0, 0.1) is 0 Å². The third-order valence-electron chi connectivity index (χ3n) is 7.92. The Morgan fingerprint density at radius 3 is 1.84 bits per heavy atom. The maximum atomic E-state index is 13.9. The molecule has 2 aliphatic heterocycles. The maximum Gasteiger partial charge on any atom is 0.255 e. The Labute approximate surface area is 220 Å². The van der Waals surface area contributed by atoms with Gasteiger partial charge in [-0.1, -0.05) is 30.3 Å². The number of carbonyl (C=O) groups is 1. The summed E-state index contributed by atoms with van der Waals surface area (Å²) in [5, 5.41) is 9.74. The number of amides is 1. The van der Waals surface area contributed by atoms with E-state index in [4.69, 9.17) is 4.74 Å². The van der Waals surface area contributed by atoms with Crippen molar-refractivity contribution in [3.63, 3.8) is 0 Å². The fourth-order valence-electron chi connectivity index (χ4n) is 6.13. The highest BCUT2D eigenvalue weighted by molar-refractivity contribution is 6.02. The number of fused-ring (bicyclic) bond motifs is 6. The van der Waals surface area contributed by atoms with E-state index in [0.717, 1.165) is 65.7 Å². The number of nitrogens with zero attached hydrogens (tertiary/aromatic N) is 3. The molecule has 0 aromatic heterocycles. The molecule has 3 aromatic carbocycles. The molecule has 2 aliphatic rings. The Bertz CT molecular complexity index is 1240. The van der Waals surface area contributed by atoms with Crippen LogP contribution in [0.25, 0.3) is 0 Å². The molecule has 0 saturated heterocycles. The zero-order valence-electron chi connectivity index (χ0n) is 22.3. The Hall–Kier alpha value is -3.51. The molecule has 1 N–H and O–H groups in total. The highest BCUT2D eigenvalue weighted by atomic mass is 16.5. The Morgan fingerprint density at radius 2 is 1.32 bits per heavy atom. The molecule has 0 radical (unpaired) electrons. The highest BCUT2D eigenvalue weighted by Gasteiger charge is 2.56. The standard InChI is InChI=1S/C31H37N3O3/c1-5-32(6-2)22-14-16-26-28(20-22)37-29-21-23(33(7-3)8-4)15-17-27(29)31(26)25-13-10-9-12-24(25)30(36)34(31)18-11-19-35/h9-10,12-17,20-21,35H,5-8,11,18-19H2,1-4H3. The van der Waals surface area contributed by atoms with Crippen LogP contribution < -0.4 is 14.5 Å². The number of hydrogen-bond donors (Lipinski definition) is 1. The Balaban J connectivity index is 1.81. The van der Waals surface area contributed by atoms with Crippen molar-refractivity contribution < 1.29 is 14.6 Å². The molecule has 3 aromatic rings. The van der Waals surface area contributed by atoms with E-state index >= 15 is 0 Å². The molecule has 0 bridgehead atoms. The van der Waals surface area contributed by atoms with E-state index in [1.165, 1.54) is 0 Å². The lowest BCUT2D eigenvalue weighted by molar-refractivity contribution is 0.0649. The minimum absolute atomic E-state index is 0.0107. The van der Waals surface area contributed by atoms with Crippen molar-refractivity contribution in [2.75, 3.05) is 49.1 Å². The monoisotopic (exact) mass is 499 g/mol. The van der Waals surface area contributed by atoms with Gasteiger partial charge < -0.3 is 24.5 Å². The van der Waals surface area contributed by atoms with Gasteiger partial charge in [0, 0.05) is 79.5 Å². The van der Waals surface area contributed by atoms with Gasteiger partial charge in [0.1, 0.15) is 17.0 Å². The second kappa shape index (κ2) is 10.1. The first-order valence-corrected chi connectivity index (χ1v) is 13.5. The SMILES string of the molecule is CCN(CC)c1ccc2c(c1)Oc1cc(N(CC)CC)ccc1C21c2ccccc2C(=O)N1CCCO. The fraction of sp³-hybridized carbons (Fsp3) is 0.387. The Morgan fingerprint density at radius 1 is 0.784 bits per heavy atom. The number of rotatable bonds is 9. The van der Waals surface area contributed by atoms with Crippen LogP contribution in [-0.4, -0.2) is 55.2 Å². The van der Waals surface area contributed by atoms with Gasteiger partial charge >= 0.3 is 0 Å². The second-order valence-electron chi connectivity index (χ2n) is 9.60. The van der Waals surface area contributed by atoms with Crippen molar-refractivity contribution in [3.8, 4) is 11.5 Å². The molecule has 6 heteroatoms. The molecule has 0 aliphatic carbocycles. The lowest BCUT2D eigenvalue weighted by atomic mass is 9.74. The highest BCUT2D eigenvalue weighted by Crippen LogP contribution is 2.58. The number of hydrogen-bond acceptors (Lipinski definition) is 5. The van der Waals surface area contributed by atoms with Gasteiger partial charge in [-0.15, -0.1) is 0 Å². The summed E-state index contributed by atoms with van der Waals surface area (Å²) >= 11 is 0. The first-order chi connectivity index (χ1) is 18.0. The molecule has 6 nitrogen and oxygen atoms in total. The summed E-state index contributed by atoms with van der Waals surface area (Å²) in [6, 6.07) is 20.7. The van der Waals surface area contributed by atoms with Crippen LogP contribution >= 0.6 is 0 Å². The minimum Gasteiger partial charge on any atom is -0.456 e. The molecule has 0 atom stereocenters. The van der Waals surface area contributed by atoms with E-state index in [9.17, 15) is 9.90 Å². The third kappa shape index (κ3) is 3.77. The molecule has 1 amide bonds. The predicted octanol–water partition coefficient (Wildman–Crippen LogP) is 5.61. The third-order valence-corrected chi connectivity index (χ3v) is 7.92. The fourth-order valence-corrected chi connectivity index (χ4v) is 6.13. The second-order valence-corrected chi connectivity index (χ2v) is 9.60. The van der Waals surface area contributed by atoms with Gasteiger partial charge in [0.2, 0.25) is 0 Å². The average molecular weight is 500 g/mol. The number of aliphatic hydroxyl groups excluding tert-OH is 1. The van der Waals surface area contributed by atoms with Gasteiger partial charge in [0.15, 0.2) is 0 Å². The van der Waals surface area contributed by atoms with Crippen molar-refractivity contribution in [3.05, 3.63) is 82.9 Å². The van der Waals surface area contributed by atoms with E-state index in [1.54, 1.807) is 0 Å². The lowest BCUT2D eigenvalue weighted by Crippen LogP contribution is -2.48. The van der Waals surface area contributed by atoms with Crippen molar-refractivity contribution in [1.82, 2.24) is 4.90 Å². The molecule has 2 heterocycles. The Kier molecular flexibility index (Phi) is 6.86. The van der Waals surface area contributed by atoms with Crippen molar-refractivity contribution in [2.45, 2.75) is 39.7 Å². The van der Waals surface area contributed by atoms with E-state index in [2.05, 4.69) is 80.0 Å². The summed E-state index contributed by atoms with van der Waals surface area (Å²) in [7, 11) is 0. The van der Waals surface area contributed by atoms with Crippen molar-refractivity contribution >= 4 is 17.3 Å². The summed E-state index contributed by atoms with van der Waals surface area (Å²) < 4.78 is 6.69. The van der Waals surface area contributed by atoms with Gasteiger partial charge in [-0.25, -0.2) is 0 Å². The lowest BCUT2D eigenvalue weighted by Gasteiger charge is -2.45. The molecule has 1 spiro atoms. The number of anilines is 2. The number of carbonyl (C=O) groups excluding carboxylic acids is 1. The smallest absolute Gasteiger partial charge is 0.255 e. The minimum atomic E-state index is -0.824. The predicted molar refractivity (Wildman–Crippen MR) is 149 cm³/mol. The van der Waals surface area contributed by atoms with Crippen LogP contribution in [0.2, 0.25) is 0 Å². The largest absolute Gasteiger partial charge is 0.456 e. The van der Waals surface area contributed by atoms with E-state index in [-0.39, 0.29) is 12.5 Å². The summed E-state index contributed by atoms with van der Waals surface area (Å²) in [6.07, 6.45) is 0.502. The molecule has 5 rings (SSSR count). The van der Waals surface area contributed by atoms with Crippen molar-refractivity contribution in [2.24, 2.45) is 0 Å². The van der Waals surface area contributed by atoms with Crippen LogP contribution in [0.3, 0.4) is 0 Å². The van der Waals surface area contributed by atoms with Crippen molar-refractivity contribution in [1.29, 1.82) is 0 Å². The average Bonchev–Trinajstić information content (AvgIpc) is 3.17. The van der Waals surface area contributed by atoms with Crippen LogP contribution in [0.15, 0.2) is 60.7 Å². The van der Waals surface area contributed by atoms with Gasteiger partial charge in [0.05, 0.1) is 0 Å². The van der Waals surface area contributed by atoms with E-state index < -0.39 is 5.54 Å². The number of ether oxygens (including phenoxy) is 1. The van der Waals surface area contributed by atoms with E-state index in [0.29, 0.717) is 18.5 Å². The normalized spacial score (nSPS) is 14.7. The molecule has 0 saturated carbocycles. The first kappa shape index (κ1) is 25.2. The zero-order chi connectivity index (χ0) is 26.2. The summed E-state index contributed by atoms with van der Waals surface area (Å²) in [6.45, 7) is 12.7. The van der Waals surface area contributed by atoms with E-state index in [1.807, 2.05) is 23.1 Å². The van der Waals surface area contributed by atoms with Gasteiger partial charge in [-0.2, -0.15) is 0 Å². The number of benzene rings is 3. The van der Waals surface area contributed by atoms with Crippen LogP contribution in [-0.2, 0) is 5.54 Å². The zero-order valence-corrected chi connectivity index (χ0v) is 22.3. The molecular weight excluding hydrogens is 462 g/mol. The molecule has 0 unspecified atom stereocenters. The molecule has 0 fully saturated rings. The summed E-state index contributed by atoms with van der Waals surface area (Å²) in [5.74, 6) is 1.53. The first-order valence-electron chi connectivity index (χ1n) is 13.5. The van der Waals surface area contributed by atoms with Gasteiger partial charge in [-0.05, 0) is 57.9 Å². The number of aliphatic hydroxyl groups is 1. The summed E-state index contributed by atoms with van der Waals surface area (Å²) in [4.78, 5) is 20.5. The van der Waals surface area contributed by atoms with Gasteiger partial charge in [0.25, 0.3) is 5.91 Å². The molecule has 37 heavy (non-hydrogen) atoms. The maximum absolute atomic E-state index is 13.9.